The number of methoxy groups -OCH3 is 1. The van der Waals surface area contributed by atoms with Crippen molar-refractivity contribution in [1.29, 1.82) is 0 Å². The highest BCUT2D eigenvalue weighted by Crippen LogP contribution is 2.51. The number of piperidine rings is 2. The molecule has 4 aliphatic rings. The van der Waals surface area contributed by atoms with Gasteiger partial charge in [-0.3, -0.25) is 9.59 Å². The number of aromatic nitrogens is 4. The van der Waals surface area contributed by atoms with Gasteiger partial charge in [-0.05, 0) is 108 Å². The SMILES string of the molecule is CCC(=O)N1[C@@H]2CC[C@@H](C2)[C@H]1c1nc2ccc(-c3ccc(-c4ccc(-c5ccc6nc([C@@H]7C8CC[C@H](C8)N7C(=O)CNC(=O)OC)[nH]c6c5)cc4)cc3)cc2[nH]1. The molecule has 0 spiro atoms. The maximum atomic E-state index is 13.2. The third-order valence-electron chi connectivity index (χ3n) is 12.9. The summed E-state index contributed by atoms with van der Waals surface area (Å²) in [5.74, 6) is 2.67. The van der Waals surface area contributed by atoms with E-state index in [-0.39, 0.29) is 36.5 Å². The number of imidazole rings is 2. The number of aromatic amines is 2. The number of hydrogen-bond acceptors (Lipinski definition) is 6. The Labute approximate surface area is 324 Å². The van der Waals surface area contributed by atoms with Gasteiger partial charge in [-0.25, -0.2) is 14.8 Å². The number of rotatable bonds is 8. The molecule has 284 valence electrons. The first-order valence-electron chi connectivity index (χ1n) is 20.0. The minimum atomic E-state index is -0.610. The number of carbonyl (C=O) groups excluding carboxylic acids is 3. The van der Waals surface area contributed by atoms with Crippen LogP contribution in [-0.2, 0) is 14.3 Å². The van der Waals surface area contributed by atoms with Crippen molar-refractivity contribution in [1.82, 2.24) is 35.1 Å². The highest BCUT2D eigenvalue weighted by Gasteiger charge is 2.50. The predicted octanol–water partition coefficient (Wildman–Crippen LogP) is 8.31. The third-order valence-corrected chi connectivity index (χ3v) is 12.9. The molecule has 2 aromatic heterocycles. The highest BCUT2D eigenvalue weighted by atomic mass is 16.5. The van der Waals surface area contributed by atoms with Crippen molar-refractivity contribution in [3.05, 3.63) is 96.6 Å². The van der Waals surface area contributed by atoms with Gasteiger partial charge in [0, 0.05) is 18.5 Å². The second-order valence-electron chi connectivity index (χ2n) is 16.0. The molecule has 3 amide bonds. The lowest BCUT2D eigenvalue weighted by Crippen LogP contribution is -2.45. The van der Waals surface area contributed by atoms with E-state index in [1.54, 1.807) is 0 Å². The van der Waals surface area contributed by atoms with Crippen LogP contribution in [0.5, 0.6) is 0 Å². The number of alkyl carbamates (subject to hydrolysis) is 1. The summed E-state index contributed by atoms with van der Waals surface area (Å²) >= 11 is 0. The molecule has 2 aliphatic carbocycles. The van der Waals surface area contributed by atoms with Crippen LogP contribution in [0.1, 0.15) is 75.6 Å². The molecule has 10 rings (SSSR count). The zero-order chi connectivity index (χ0) is 38.1. The lowest BCUT2D eigenvalue weighted by atomic mass is 9.97. The zero-order valence-corrected chi connectivity index (χ0v) is 31.6. The molecular weight excluding hydrogens is 703 g/mol. The average molecular weight is 748 g/mol. The summed E-state index contributed by atoms with van der Waals surface area (Å²) in [5.41, 5.74) is 10.5. The molecule has 11 heteroatoms. The molecule has 0 radical (unpaired) electrons. The molecule has 1 unspecified atom stereocenters. The average Bonchev–Trinajstić information content (AvgIpc) is 4.11. The summed E-state index contributed by atoms with van der Waals surface area (Å²) in [6.07, 6.45) is 6.27. The first-order valence-corrected chi connectivity index (χ1v) is 20.0. The van der Waals surface area contributed by atoms with Crippen molar-refractivity contribution in [3.8, 4) is 33.4 Å². The van der Waals surface area contributed by atoms with E-state index in [0.717, 1.165) is 106 Å². The van der Waals surface area contributed by atoms with Gasteiger partial charge in [0.25, 0.3) is 0 Å². The second-order valence-corrected chi connectivity index (χ2v) is 16.0. The van der Waals surface area contributed by atoms with Crippen LogP contribution in [0.4, 0.5) is 4.79 Å². The maximum absolute atomic E-state index is 13.2. The van der Waals surface area contributed by atoms with E-state index in [1.807, 2.05) is 17.9 Å². The molecule has 4 bridgehead atoms. The van der Waals surface area contributed by atoms with Crippen molar-refractivity contribution in [2.75, 3.05) is 13.7 Å². The molecule has 6 atom stereocenters. The Bertz CT molecular complexity index is 2490. The summed E-state index contributed by atoms with van der Waals surface area (Å²) in [5, 5.41) is 2.54. The van der Waals surface area contributed by atoms with Crippen LogP contribution < -0.4 is 5.32 Å². The fourth-order valence-corrected chi connectivity index (χ4v) is 10.3. The van der Waals surface area contributed by atoms with Gasteiger partial charge in [-0.1, -0.05) is 67.6 Å². The number of amides is 3. The van der Waals surface area contributed by atoms with Crippen LogP contribution >= 0.6 is 0 Å². The van der Waals surface area contributed by atoms with Gasteiger partial charge in [0.1, 0.15) is 18.2 Å². The van der Waals surface area contributed by atoms with Gasteiger partial charge in [0.15, 0.2) is 0 Å². The van der Waals surface area contributed by atoms with Gasteiger partial charge in [-0.15, -0.1) is 0 Å². The number of nitrogens with one attached hydrogen (secondary N) is 3. The second kappa shape index (κ2) is 13.6. The van der Waals surface area contributed by atoms with E-state index in [1.165, 1.54) is 7.11 Å². The van der Waals surface area contributed by atoms with Crippen LogP contribution in [0.25, 0.3) is 55.4 Å². The Kier molecular flexibility index (Phi) is 8.41. The van der Waals surface area contributed by atoms with E-state index < -0.39 is 6.09 Å². The standard InChI is InChI=1S/C45H45N7O4/c1-3-39(53)51-33-16-12-31(20-33)41(51)43-47-35-18-14-29(22-37(35)49-43)27-8-4-25(5-9-27)26-6-10-28(11-7-26)30-15-19-36-38(23-30)50-44(48-36)42-32-13-17-34(21-32)52(42)40(54)24-46-45(55)56-2/h4-11,14-15,18-19,22-23,31-34,41-42H,3,12-13,16-17,20-21,24H2,1-2H3,(H,46,55)(H,47,49)(H,48,50)/t31-,32?,33+,34+,41-,42-/m0/s1. The van der Waals surface area contributed by atoms with E-state index in [0.29, 0.717) is 24.3 Å². The lowest BCUT2D eigenvalue weighted by Gasteiger charge is -2.34. The third kappa shape index (κ3) is 5.83. The van der Waals surface area contributed by atoms with Crippen LogP contribution in [0, 0.1) is 11.8 Å². The summed E-state index contributed by atoms with van der Waals surface area (Å²) in [6, 6.07) is 30.4. The van der Waals surface area contributed by atoms with Gasteiger partial charge < -0.3 is 29.8 Å². The molecule has 2 aliphatic heterocycles. The Balaban J connectivity index is 0.842. The van der Waals surface area contributed by atoms with Crippen molar-refractivity contribution >= 4 is 40.0 Å². The zero-order valence-electron chi connectivity index (χ0n) is 31.6. The van der Waals surface area contributed by atoms with Gasteiger partial charge in [0.05, 0.1) is 41.3 Å². The van der Waals surface area contributed by atoms with E-state index in [4.69, 9.17) is 9.97 Å². The van der Waals surface area contributed by atoms with Crippen molar-refractivity contribution < 1.29 is 19.1 Å². The molecule has 56 heavy (non-hydrogen) atoms. The molecule has 2 saturated heterocycles. The first kappa shape index (κ1) is 34.5. The summed E-state index contributed by atoms with van der Waals surface area (Å²) in [7, 11) is 1.29. The van der Waals surface area contributed by atoms with E-state index in [9.17, 15) is 14.4 Å². The van der Waals surface area contributed by atoms with Crippen molar-refractivity contribution in [2.24, 2.45) is 11.8 Å². The highest BCUT2D eigenvalue weighted by molar-refractivity contribution is 5.86. The molecule has 6 aromatic rings. The first-order chi connectivity index (χ1) is 27.3. The van der Waals surface area contributed by atoms with Gasteiger partial charge in [0.2, 0.25) is 11.8 Å². The number of nitrogens with zero attached hydrogens (tertiary/aromatic N) is 4. The smallest absolute Gasteiger partial charge is 0.407 e. The minimum Gasteiger partial charge on any atom is -0.453 e. The molecule has 4 heterocycles. The monoisotopic (exact) mass is 747 g/mol. The molecule has 3 N–H and O–H groups in total. The van der Waals surface area contributed by atoms with E-state index in [2.05, 4.69) is 104 Å². The summed E-state index contributed by atoms with van der Waals surface area (Å²) in [4.78, 5) is 58.9. The normalized spacial score (nSPS) is 23.8. The Morgan fingerprint density at radius 3 is 1.52 bits per heavy atom. The number of likely N-dealkylation sites (tertiary alicyclic amines) is 2. The largest absolute Gasteiger partial charge is 0.453 e. The van der Waals surface area contributed by atoms with Gasteiger partial charge in [-0.2, -0.15) is 0 Å². The molecule has 4 aromatic carbocycles. The number of hydrogen-bond donors (Lipinski definition) is 3. The van der Waals surface area contributed by atoms with Gasteiger partial charge >= 0.3 is 6.09 Å². The quantitative estimate of drug-likeness (QED) is 0.143. The molecular formula is C45H45N7O4. The number of benzene rings is 4. The van der Waals surface area contributed by atoms with Crippen LogP contribution in [-0.4, -0.2) is 73.4 Å². The fourth-order valence-electron chi connectivity index (χ4n) is 10.3. The lowest BCUT2D eigenvalue weighted by molar-refractivity contribution is -0.136. The topological polar surface area (TPSA) is 136 Å². The number of ether oxygens (including phenoxy) is 1. The molecule has 4 fully saturated rings. The number of H-pyrrole nitrogens is 2. The van der Waals surface area contributed by atoms with E-state index >= 15 is 0 Å². The Morgan fingerprint density at radius 1 is 0.643 bits per heavy atom. The Morgan fingerprint density at radius 2 is 1.07 bits per heavy atom. The molecule has 11 nitrogen and oxygen atoms in total. The van der Waals surface area contributed by atoms with Crippen LogP contribution in [0.15, 0.2) is 84.9 Å². The van der Waals surface area contributed by atoms with Crippen molar-refractivity contribution in [3.63, 3.8) is 0 Å². The van der Waals surface area contributed by atoms with Crippen LogP contribution in [0.2, 0.25) is 0 Å². The number of carbonyl (C=O) groups is 3. The molecule has 2 saturated carbocycles. The van der Waals surface area contributed by atoms with Crippen molar-refractivity contribution in [2.45, 2.75) is 76.0 Å². The maximum Gasteiger partial charge on any atom is 0.407 e. The summed E-state index contributed by atoms with van der Waals surface area (Å²) < 4.78 is 4.66. The summed E-state index contributed by atoms with van der Waals surface area (Å²) in [6.45, 7) is 1.86. The van der Waals surface area contributed by atoms with Crippen LogP contribution in [0.3, 0.4) is 0 Å². The number of fused-ring (bicyclic) bond motifs is 6. The Hall–Kier alpha value is -5.97. The predicted molar refractivity (Wildman–Crippen MR) is 214 cm³/mol. The fraction of sp³-hybridized carbons (Fsp3) is 0.356. The minimum absolute atomic E-state index is 0.0514.